The Kier molecular flexibility index (Phi) is 5.34. The van der Waals surface area contributed by atoms with Gasteiger partial charge in [0, 0.05) is 24.9 Å². The average molecular weight is 401 g/mol. The number of carbonyl (C=O) groups is 3. The van der Waals surface area contributed by atoms with Gasteiger partial charge in [-0.2, -0.15) is 0 Å². The first-order chi connectivity index (χ1) is 13.9. The second-order valence-corrected chi connectivity index (χ2v) is 9.02. The Labute approximate surface area is 170 Å². The number of anilines is 1. The minimum atomic E-state index is -0.577. The van der Waals surface area contributed by atoms with E-state index in [1.807, 2.05) is 0 Å². The number of nitrogens with two attached hydrogens (primary N) is 1. The van der Waals surface area contributed by atoms with Gasteiger partial charge in [-0.1, -0.05) is 0 Å². The molecule has 156 valence electrons. The molecule has 0 atom stereocenters. The fourth-order valence-corrected chi connectivity index (χ4v) is 6.12. The summed E-state index contributed by atoms with van der Waals surface area (Å²) in [6.45, 7) is 0.335. The summed E-state index contributed by atoms with van der Waals surface area (Å²) >= 11 is 0. The van der Waals surface area contributed by atoms with Gasteiger partial charge >= 0.3 is 11.9 Å². The lowest BCUT2D eigenvalue weighted by Gasteiger charge is -2.54. The first-order valence-corrected chi connectivity index (χ1v) is 10.4. The zero-order chi connectivity index (χ0) is 20.6. The molecule has 1 amide bonds. The number of rotatable bonds is 6. The predicted octanol–water partition coefficient (Wildman–Crippen LogP) is 1.73. The summed E-state index contributed by atoms with van der Waals surface area (Å²) in [4.78, 5) is 36.4. The number of benzene rings is 1. The van der Waals surface area contributed by atoms with E-state index in [4.69, 9.17) is 9.47 Å². The molecule has 4 aliphatic carbocycles. The predicted molar refractivity (Wildman–Crippen MR) is 105 cm³/mol. The van der Waals surface area contributed by atoms with Gasteiger partial charge in [-0.05, 0) is 55.2 Å². The van der Waals surface area contributed by atoms with E-state index < -0.39 is 11.9 Å². The highest BCUT2D eigenvalue weighted by Gasteiger charge is 2.53. The van der Waals surface area contributed by atoms with Crippen molar-refractivity contribution in [3.8, 4) is 0 Å². The SMILES string of the molecule is COC(=O)c1cc(NC(=O)C[NH2+]C23CC4CC(CC(C4)C2)C3)cc(C(=O)OC)c1. The van der Waals surface area contributed by atoms with Crippen LogP contribution in [0.3, 0.4) is 0 Å². The molecule has 4 aliphatic rings. The first-order valence-electron chi connectivity index (χ1n) is 10.4. The largest absolute Gasteiger partial charge is 0.465 e. The molecule has 4 saturated carbocycles. The van der Waals surface area contributed by atoms with Gasteiger partial charge in [0.2, 0.25) is 0 Å². The molecule has 0 aliphatic heterocycles. The van der Waals surface area contributed by atoms with Gasteiger partial charge in [-0.25, -0.2) is 9.59 Å². The van der Waals surface area contributed by atoms with Gasteiger partial charge in [0.1, 0.15) is 0 Å². The molecule has 0 unspecified atom stereocenters. The monoisotopic (exact) mass is 401 g/mol. The fourth-order valence-electron chi connectivity index (χ4n) is 6.12. The molecule has 3 N–H and O–H groups in total. The molecule has 0 spiro atoms. The van der Waals surface area contributed by atoms with E-state index in [0.717, 1.165) is 17.8 Å². The Morgan fingerprint density at radius 3 is 1.86 bits per heavy atom. The van der Waals surface area contributed by atoms with Crippen molar-refractivity contribution in [2.45, 2.75) is 44.1 Å². The number of esters is 2. The number of hydrogen-bond donors (Lipinski definition) is 2. The van der Waals surface area contributed by atoms with E-state index in [9.17, 15) is 14.4 Å². The quantitative estimate of drug-likeness (QED) is 0.708. The van der Waals surface area contributed by atoms with Crippen molar-refractivity contribution >= 4 is 23.5 Å². The molecule has 0 saturated heterocycles. The first kappa shape index (κ1) is 19.9. The molecule has 29 heavy (non-hydrogen) atoms. The molecule has 1 aromatic carbocycles. The standard InChI is InChI=1S/C22H28N2O5/c1-28-20(26)16-6-17(21(27)29-2)8-18(7-16)24-19(25)12-23-22-9-13-3-14(10-22)5-15(4-13)11-22/h6-8,13-15,23H,3-5,9-12H2,1-2H3,(H,24,25)/p+1. The highest BCUT2D eigenvalue weighted by atomic mass is 16.5. The van der Waals surface area contributed by atoms with Crippen molar-refractivity contribution in [1.82, 2.24) is 0 Å². The van der Waals surface area contributed by atoms with Crippen LogP contribution in [0.25, 0.3) is 0 Å². The van der Waals surface area contributed by atoms with Crippen LogP contribution in [0, 0.1) is 17.8 Å². The number of quaternary nitrogens is 1. The van der Waals surface area contributed by atoms with Crippen LogP contribution in [0.1, 0.15) is 59.2 Å². The van der Waals surface area contributed by atoms with Crippen molar-refractivity contribution in [3.05, 3.63) is 29.3 Å². The van der Waals surface area contributed by atoms with E-state index in [0.29, 0.717) is 12.2 Å². The minimum absolute atomic E-state index is 0.140. The summed E-state index contributed by atoms with van der Waals surface area (Å²) in [5.41, 5.74) is 0.987. The van der Waals surface area contributed by atoms with Crippen molar-refractivity contribution in [1.29, 1.82) is 0 Å². The van der Waals surface area contributed by atoms with E-state index in [2.05, 4.69) is 10.6 Å². The molecular weight excluding hydrogens is 372 g/mol. The van der Waals surface area contributed by atoms with Crippen LogP contribution in [0.5, 0.6) is 0 Å². The van der Waals surface area contributed by atoms with Gasteiger partial charge < -0.3 is 20.1 Å². The van der Waals surface area contributed by atoms with E-state index in [1.54, 1.807) is 0 Å². The van der Waals surface area contributed by atoms with Crippen molar-refractivity contribution in [3.63, 3.8) is 0 Å². The average Bonchev–Trinajstić information content (AvgIpc) is 2.70. The third-order valence-electron chi connectivity index (χ3n) is 6.87. The minimum Gasteiger partial charge on any atom is -0.465 e. The van der Waals surface area contributed by atoms with Crippen LogP contribution in [0.4, 0.5) is 5.69 Å². The van der Waals surface area contributed by atoms with Crippen LogP contribution in [0.2, 0.25) is 0 Å². The maximum Gasteiger partial charge on any atom is 0.337 e. The topological polar surface area (TPSA) is 98.3 Å². The fraction of sp³-hybridized carbons (Fsp3) is 0.591. The number of ether oxygens (including phenoxy) is 2. The number of nitrogens with one attached hydrogen (secondary N) is 1. The van der Waals surface area contributed by atoms with Crippen LogP contribution in [0.15, 0.2) is 18.2 Å². The van der Waals surface area contributed by atoms with Crippen LogP contribution < -0.4 is 10.6 Å². The van der Waals surface area contributed by atoms with Gasteiger partial charge in [0.25, 0.3) is 5.91 Å². The van der Waals surface area contributed by atoms with Crippen LogP contribution in [-0.4, -0.2) is 44.1 Å². The van der Waals surface area contributed by atoms with Crippen LogP contribution >= 0.6 is 0 Å². The number of amides is 1. The zero-order valence-corrected chi connectivity index (χ0v) is 17.0. The highest BCUT2D eigenvalue weighted by Crippen LogP contribution is 2.54. The highest BCUT2D eigenvalue weighted by molar-refractivity contribution is 5.99. The summed E-state index contributed by atoms with van der Waals surface area (Å²) in [6, 6.07) is 4.43. The molecule has 4 fully saturated rings. The van der Waals surface area contributed by atoms with Gasteiger partial charge in [0.05, 0.1) is 30.9 Å². The Morgan fingerprint density at radius 2 is 1.41 bits per heavy atom. The molecule has 7 heteroatoms. The summed E-state index contributed by atoms with van der Waals surface area (Å²) in [6.07, 6.45) is 7.77. The third kappa shape index (κ3) is 4.15. The zero-order valence-electron chi connectivity index (χ0n) is 17.0. The summed E-state index contributed by atoms with van der Waals surface area (Å²) in [7, 11) is 2.54. The normalized spacial score (nSPS) is 29.4. The van der Waals surface area contributed by atoms with Crippen molar-refractivity contribution < 1.29 is 29.2 Å². The number of hydrogen-bond acceptors (Lipinski definition) is 5. The molecule has 4 bridgehead atoms. The van der Waals surface area contributed by atoms with Gasteiger partial charge in [-0.15, -0.1) is 0 Å². The lowest BCUT2D eigenvalue weighted by atomic mass is 9.53. The molecule has 0 heterocycles. The smallest absolute Gasteiger partial charge is 0.337 e. The number of methoxy groups -OCH3 is 2. The second-order valence-electron chi connectivity index (χ2n) is 9.02. The maximum atomic E-state index is 12.6. The molecule has 0 radical (unpaired) electrons. The van der Waals surface area contributed by atoms with Crippen LogP contribution in [-0.2, 0) is 14.3 Å². The Hall–Kier alpha value is -2.41. The van der Waals surface area contributed by atoms with E-state index >= 15 is 0 Å². The Balaban J connectivity index is 1.43. The molecule has 5 rings (SSSR count). The molecule has 1 aromatic rings. The third-order valence-corrected chi connectivity index (χ3v) is 6.87. The maximum absolute atomic E-state index is 12.6. The van der Waals surface area contributed by atoms with E-state index in [1.165, 1.54) is 70.9 Å². The lowest BCUT2D eigenvalue weighted by molar-refractivity contribution is -0.729. The molecular formula is C22H29N2O5+. The van der Waals surface area contributed by atoms with Gasteiger partial charge in [0.15, 0.2) is 6.54 Å². The molecule has 7 nitrogen and oxygen atoms in total. The van der Waals surface area contributed by atoms with Crippen molar-refractivity contribution in [2.75, 3.05) is 26.1 Å². The van der Waals surface area contributed by atoms with Gasteiger partial charge in [-0.3, -0.25) is 4.79 Å². The lowest BCUT2D eigenvalue weighted by Crippen LogP contribution is -3.00. The Bertz CT molecular complexity index is 765. The van der Waals surface area contributed by atoms with E-state index in [-0.39, 0.29) is 22.6 Å². The number of carbonyl (C=O) groups excluding carboxylic acids is 3. The summed E-state index contributed by atoms with van der Waals surface area (Å²) < 4.78 is 9.48. The Morgan fingerprint density at radius 1 is 0.931 bits per heavy atom. The summed E-state index contributed by atoms with van der Waals surface area (Å²) in [5.74, 6) is 1.20. The summed E-state index contributed by atoms with van der Waals surface area (Å²) in [5, 5.41) is 5.06. The van der Waals surface area contributed by atoms with Crippen molar-refractivity contribution in [2.24, 2.45) is 17.8 Å². The molecule has 0 aromatic heterocycles. The second kappa shape index (κ2) is 7.78.